The van der Waals surface area contributed by atoms with Crippen molar-refractivity contribution in [3.05, 3.63) is 53.7 Å². The maximum Gasteiger partial charge on any atom is 0.273 e. The van der Waals surface area contributed by atoms with Crippen molar-refractivity contribution >= 4 is 5.91 Å². The van der Waals surface area contributed by atoms with Crippen LogP contribution in [0, 0.1) is 0 Å². The second-order valence-electron chi connectivity index (χ2n) is 8.15. The number of piperazine rings is 1. The lowest BCUT2D eigenvalue weighted by molar-refractivity contribution is 0.0938. The standard InChI is InChI=1S/C22H31N5O2/c1-25-9-5-8-19(25)14-23-22(28)20-17-29-21(24-20)16-27-12-10-26(11-13-27)15-18-6-3-2-4-7-18/h2-4,6-7,17,19H,5,8-16H2,1H3,(H,23,28)/t19-/m1/s1. The third-order valence-corrected chi connectivity index (χ3v) is 6.03. The van der Waals surface area contributed by atoms with Gasteiger partial charge in [0, 0.05) is 45.3 Å². The van der Waals surface area contributed by atoms with Crippen LogP contribution in [-0.4, -0.2) is 77.9 Å². The Hall–Kier alpha value is -2.22. The van der Waals surface area contributed by atoms with E-state index in [-0.39, 0.29) is 5.91 Å². The Morgan fingerprint density at radius 2 is 1.83 bits per heavy atom. The summed E-state index contributed by atoms with van der Waals surface area (Å²) in [6.07, 6.45) is 3.82. The Labute approximate surface area is 172 Å². The quantitative estimate of drug-likeness (QED) is 0.769. The van der Waals surface area contributed by atoms with Crippen molar-refractivity contribution in [2.75, 3.05) is 46.3 Å². The molecule has 156 valence electrons. The number of aromatic nitrogens is 1. The van der Waals surface area contributed by atoms with Crippen LogP contribution in [0.15, 0.2) is 41.0 Å². The third kappa shape index (κ3) is 5.44. The fourth-order valence-electron chi connectivity index (χ4n) is 4.16. The fraction of sp³-hybridized carbons (Fsp3) is 0.545. The first-order valence-electron chi connectivity index (χ1n) is 10.6. The normalized spacial score (nSPS) is 21.5. The molecule has 1 amide bonds. The molecule has 1 N–H and O–H groups in total. The first-order valence-corrected chi connectivity index (χ1v) is 10.6. The van der Waals surface area contributed by atoms with Crippen molar-refractivity contribution in [1.82, 2.24) is 25.0 Å². The molecule has 29 heavy (non-hydrogen) atoms. The molecule has 0 aliphatic carbocycles. The van der Waals surface area contributed by atoms with Crippen molar-refractivity contribution in [3.8, 4) is 0 Å². The lowest BCUT2D eigenvalue weighted by Crippen LogP contribution is -2.45. The summed E-state index contributed by atoms with van der Waals surface area (Å²) in [6.45, 7) is 7.42. The summed E-state index contributed by atoms with van der Waals surface area (Å²) in [7, 11) is 2.11. The number of oxazole rings is 1. The maximum atomic E-state index is 12.4. The Morgan fingerprint density at radius 3 is 2.52 bits per heavy atom. The molecule has 2 aliphatic rings. The van der Waals surface area contributed by atoms with E-state index < -0.39 is 0 Å². The van der Waals surface area contributed by atoms with Crippen LogP contribution in [0.1, 0.15) is 34.8 Å². The van der Waals surface area contributed by atoms with Gasteiger partial charge < -0.3 is 14.6 Å². The molecule has 1 aromatic heterocycles. The number of benzene rings is 1. The summed E-state index contributed by atoms with van der Waals surface area (Å²) < 4.78 is 5.57. The average molecular weight is 398 g/mol. The van der Waals surface area contributed by atoms with Crippen molar-refractivity contribution in [1.29, 1.82) is 0 Å². The number of carbonyl (C=O) groups is 1. The molecule has 2 aliphatic heterocycles. The predicted octanol–water partition coefficient (Wildman–Crippen LogP) is 1.82. The highest BCUT2D eigenvalue weighted by atomic mass is 16.3. The minimum atomic E-state index is -0.145. The van der Waals surface area contributed by atoms with Gasteiger partial charge in [-0.15, -0.1) is 0 Å². The van der Waals surface area contributed by atoms with Crippen molar-refractivity contribution in [2.45, 2.75) is 32.0 Å². The van der Waals surface area contributed by atoms with Crippen molar-refractivity contribution in [3.63, 3.8) is 0 Å². The summed E-state index contributed by atoms with van der Waals surface area (Å²) in [5, 5.41) is 2.99. The Balaban J connectivity index is 1.21. The molecule has 2 saturated heterocycles. The summed E-state index contributed by atoms with van der Waals surface area (Å²) >= 11 is 0. The molecule has 3 heterocycles. The number of hydrogen-bond acceptors (Lipinski definition) is 6. The van der Waals surface area contributed by atoms with Crippen LogP contribution in [0.4, 0.5) is 0 Å². The minimum absolute atomic E-state index is 0.145. The molecule has 2 fully saturated rings. The molecule has 2 aromatic rings. The van der Waals surface area contributed by atoms with Gasteiger partial charge in [0.15, 0.2) is 5.69 Å². The number of nitrogens with zero attached hydrogens (tertiary/aromatic N) is 4. The van der Waals surface area contributed by atoms with Gasteiger partial charge in [-0.3, -0.25) is 14.6 Å². The summed E-state index contributed by atoms with van der Waals surface area (Å²) in [5.74, 6) is 0.470. The highest BCUT2D eigenvalue weighted by molar-refractivity contribution is 5.91. The van der Waals surface area contributed by atoms with E-state index in [1.54, 1.807) is 0 Å². The summed E-state index contributed by atoms with van der Waals surface area (Å²) in [4.78, 5) is 23.9. The number of hydrogen-bond donors (Lipinski definition) is 1. The van der Waals surface area contributed by atoms with Gasteiger partial charge in [-0.25, -0.2) is 4.98 Å². The van der Waals surface area contributed by atoms with E-state index in [9.17, 15) is 4.79 Å². The second-order valence-corrected chi connectivity index (χ2v) is 8.15. The topological polar surface area (TPSA) is 64.9 Å². The van der Waals surface area contributed by atoms with Gasteiger partial charge in [-0.2, -0.15) is 0 Å². The van der Waals surface area contributed by atoms with Gasteiger partial charge >= 0.3 is 0 Å². The third-order valence-electron chi connectivity index (χ3n) is 6.03. The number of nitrogens with one attached hydrogen (secondary N) is 1. The Bertz CT molecular complexity index is 786. The Morgan fingerprint density at radius 1 is 1.10 bits per heavy atom. The molecule has 0 bridgehead atoms. The molecule has 0 radical (unpaired) electrons. The number of rotatable bonds is 7. The lowest BCUT2D eigenvalue weighted by atomic mass is 10.2. The van der Waals surface area contributed by atoms with Crippen LogP contribution < -0.4 is 5.32 Å². The van der Waals surface area contributed by atoms with Gasteiger partial charge in [0.05, 0.1) is 6.54 Å². The monoisotopic (exact) mass is 397 g/mol. The van der Waals surface area contributed by atoms with E-state index in [1.165, 1.54) is 18.2 Å². The SMILES string of the molecule is CN1CCC[C@@H]1CNC(=O)c1coc(CN2CCN(Cc3ccccc3)CC2)n1. The van der Waals surface area contributed by atoms with Gasteiger partial charge in [-0.1, -0.05) is 30.3 Å². The van der Waals surface area contributed by atoms with Crippen LogP contribution >= 0.6 is 0 Å². The van der Waals surface area contributed by atoms with E-state index in [4.69, 9.17) is 4.42 Å². The van der Waals surface area contributed by atoms with Crippen molar-refractivity contribution in [2.24, 2.45) is 0 Å². The largest absolute Gasteiger partial charge is 0.447 e. The number of likely N-dealkylation sites (tertiary alicyclic amines) is 1. The molecule has 0 saturated carbocycles. The van der Waals surface area contributed by atoms with Crippen LogP contribution in [-0.2, 0) is 13.1 Å². The molecule has 7 heteroatoms. The first kappa shape index (κ1) is 20.1. The lowest BCUT2D eigenvalue weighted by Gasteiger charge is -2.34. The zero-order chi connectivity index (χ0) is 20.1. The summed E-state index contributed by atoms with van der Waals surface area (Å²) in [6, 6.07) is 11.0. The van der Waals surface area contributed by atoms with Gasteiger partial charge in [-0.05, 0) is 32.0 Å². The summed E-state index contributed by atoms with van der Waals surface area (Å²) in [5.41, 5.74) is 1.73. The van der Waals surface area contributed by atoms with Crippen LogP contribution in [0.3, 0.4) is 0 Å². The van der Waals surface area contributed by atoms with Gasteiger partial charge in [0.2, 0.25) is 5.89 Å². The Kier molecular flexibility index (Phi) is 6.59. The van der Waals surface area contributed by atoms with Gasteiger partial charge in [0.1, 0.15) is 6.26 Å². The molecular weight excluding hydrogens is 366 g/mol. The average Bonchev–Trinajstić information content (AvgIpc) is 3.37. The molecule has 1 aromatic carbocycles. The smallest absolute Gasteiger partial charge is 0.273 e. The molecule has 4 rings (SSSR count). The van der Waals surface area contributed by atoms with Crippen LogP contribution in [0.25, 0.3) is 0 Å². The van der Waals surface area contributed by atoms with E-state index >= 15 is 0 Å². The fourth-order valence-corrected chi connectivity index (χ4v) is 4.16. The van der Waals surface area contributed by atoms with E-state index in [2.05, 4.69) is 62.4 Å². The highest BCUT2D eigenvalue weighted by Crippen LogP contribution is 2.14. The number of amides is 1. The molecular formula is C22H31N5O2. The molecule has 0 unspecified atom stereocenters. The molecule has 7 nitrogen and oxygen atoms in total. The number of likely N-dealkylation sites (N-methyl/N-ethyl adjacent to an activating group) is 1. The minimum Gasteiger partial charge on any atom is -0.447 e. The molecule has 1 atom stereocenters. The second kappa shape index (κ2) is 9.52. The van der Waals surface area contributed by atoms with Gasteiger partial charge in [0.25, 0.3) is 5.91 Å². The maximum absolute atomic E-state index is 12.4. The van der Waals surface area contributed by atoms with Crippen molar-refractivity contribution < 1.29 is 9.21 Å². The van der Waals surface area contributed by atoms with Crippen LogP contribution in [0.2, 0.25) is 0 Å². The van der Waals surface area contributed by atoms with E-state index in [0.717, 1.165) is 45.7 Å². The zero-order valence-electron chi connectivity index (χ0n) is 17.2. The highest BCUT2D eigenvalue weighted by Gasteiger charge is 2.23. The zero-order valence-corrected chi connectivity index (χ0v) is 17.2. The number of carbonyl (C=O) groups excluding carboxylic acids is 1. The van der Waals surface area contributed by atoms with E-state index in [1.807, 2.05) is 0 Å². The molecule has 0 spiro atoms. The first-order chi connectivity index (χ1) is 14.2. The predicted molar refractivity (Wildman–Crippen MR) is 111 cm³/mol. The van der Waals surface area contributed by atoms with Crippen LogP contribution in [0.5, 0.6) is 0 Å². The van der Waals surface area contributed by atoms with E-state index in [0.29, 0.717) is 30.7 Å².